The van der Waals surface area contributed by atoms with Gasteiger partial charge in [0.25, 0.3) is 0 Å². The third kappa shape index (κ3) is 5.31. The van der Waals surface area contributed by atoms with Crippen molar-refractivity contribution < 1.29 is 14.2 Å². The van der Waals surface area contributed by atoms with Crippen LogP contribution in [0.4, 0.5) is 0 Å². The summed E-state index contributed by atoms with van der Waals surface area (Å²) in [4.78, 5) is 0. The van der Waals surface area contributed by atoms with Crippen molar-refractivity contribution in [3.63, 3.8) is 0 Å². The molecule has 0 aliphatic carbocycles. The lowest BCUT2D eigenvalue weighted by atomic mass is 9.68. The van der Waals surface area contributed by atoms with Crippen LogP contribution < -0.4 is 14.8 Å². The van der Waals surface area contributed by atoms with Gasteiger partial charge in [0.2, 0.25) is 0 Å². The maximum Gasteiger partial charge on any atom is 0.122 e. The van der Waals surface area contributed by atoms with E-state index in [1.807, 2.05) is 12.1 Å². The first-order valence-electron chi connectivity index (χ1n) is 10.7. The van der Waals surface area contributed by atoms with Crippen LogP contribution in [-0.4, -0.2) is 33.5 Å². The smallest absolute Gasteiger partial charge is 0.122 e. The highest BCUT2D eigenvalue weighted by atomic mass is 16.5. The molecule has 0 saturated carbocycles. The van der Waals surface area contributed by atoms with E-state index >= 15 is 0 Å². The van der Waals surface area contributed by atoms with Crippen LogP contribution in [0.25, 0.3) is 0 Å². The summed E-state index contributed by atoms with van der Waals surface area (Å²) < 4.78 is 17.1. The first kappa shape index (κ1) is 21.7. The van der Waals surface area contributed by atoms with E-state index in [-0.39, 0.29) is 11.5 Å². The highest BCUT2D eigenvalue weighted by molar-refractivity contribution is 5.40. The number of rotatable bonds is 9. The fourth-order valence-electron chi connectivity index (χ4n) is 4.37. The number of hydrogen-bond donors (Lipinski definition) is 1. The molecule has 2 aromatic rings. The van der Waals surface area contributed by atoms with Crippen molar-refractivity contribution in [1.82, 2.24) is 5.32 Å². The molecule has 3 rings (SSSR count). The van der Waals surface area contributed by atoms with Crippen molar-refractivity contribution in [3.8, 4) is 11.5 Å². The van der Waals surface area contributed by atoms with E-state index in [9.17, 15) is 0 Å². The Hall–Kier alpha value is -2.04. The average molecular weight is 398 g/mol. The van der Waals surface area contributed by atoms with Gasteiger partial charge < -0.3 is 19.5 Å². The van der Waals surface area contributed by atoms with E-state index in [2.05, 4.69) is 55.6 Å². The second-order valence-corrected chi connectivity index (χ2v) is 8.36. The van der Waals surface area contributed by atoms with Gasteiger partial charge in [0.15, 0.2) is 0 Å². The van der Waals surface area contributed by atoms with Crippen molar-refractivity contribution in [3.05, 3.63) is 59.7 Å². The molecule has 158 valence electrons. The summed E-state index contributed by atoms with van der Waals surface area (Å²) in [5, 5.41) is 3.64. The van der Waals surface area contributed by atoms with Crippen LogP contribution in [0.5, 0.6) is 11.5 Å². The largest absolute Gasteiger partial charge is 0.497 e. The van der Waals surface area contributed by atoms with E-state index < -0.39 is 0 Å². The third-order valence-electron chi connectivity index (χ3n) is 6.19. The number of methoxy groups -OCH3 is 2. The molecule has 0 bridgehead atoms. The molecule has 0 radical (unpaired) electrons. The van der Waals surface area contributed by atoms with Crippen LogP contribution in [0.3, 0.4) is 0 Å². The number of ether oxygens (including phenoxy) is 3. The van der Waals surface area contributed by atoms with Crippen LogP contribution in [0, 0.1) is 5.92 Å². The monoisotopic (exact) mass is 397 g/mol. The predicted molar refractivity (Wildman–Crippen MR) is 118 cm³/mol. The lowest BCUT2D eigenvalue weighted by Crippen LogP contribution is -2.42. The van der Waals surface area contributed by atoms with E-state index in [4.69, 9.17) is 14.2 Å². The van der Waals surface area contributed by atoms with Crippen LogP contribution in [0.2, 0.25) is 0 Å². The Bertz CT molecular complexity index is 759. The fourth-order valence-corrected chi connectivity index (χ4v) is 4.37. The summed E-state index contributed by atoms with van der Waals surface area (Å²) in [6.45, 7) is 7.13. The third-order valence-corrected chi connectivity index (χ3v) is 6.19. The Balaban J connectivity index is 1.71. The molecular weight excluding hydrogens is 362 g/mol. The van der Waals surface area contributed by atoms with Gasteiger partial charge in [-0.1, -0.05) is 44.2 Å². The van der Waals surface area contributed by atoms with Gasteiger partial charge in [0.05, 0.1) is 20.3 Å². The molecule has 1 saturated heterocycles. The second-order valence-electron chi connectivity index (χ2n) is 8.36. The Morgan fingerprint density at radius 2 is 1.83 bits per heavy atom. The number of para-hydroxylation sites is 1. The Labute approximate surface area is 175 Å². The van der Waals surface area contributed by atoms with Crippen molar-refractivity contribution in [2.75, 3.05) is 27.4 Å². The zero-order chi connectivity index (χ0) is 20.7. The standard InChI is InChI=1S/C25H35NO3/c1-19(2)24-17-25(14-16-29-24,22-7-5-6-8-23(22)28-4)13-15-26-18-20-9-11-21(27-3)12-10-20/h5-12,19,24,26H,13-18H2,1-4H3/t24-,25+/m1/s1. The molecular formula is C25H35NO3. The van der Waals surface area contributed by atoms with Crippen molar-refractivity contribution in [2.45, 2.75) is 51.2 Å². The van der Waals surface area contributed by atoms with E-state index in [1.54, 1.807) is 14.2 Å². The Morgan fingerprint density at radius 1 is 1.07 bits per heavy atom. The van der Waals surface area contributed by atoms with Crippen LogP contribution in [0.15, 0.2) is 48.5 Å². The van der Waals surface area contributed by atoms with Gasteiger partial charge in [-0.25, -0.2) is 0 Å². The summed E-state index contributed by atoms with van der Waals surface area (Å²) in [6, 6.07) is 16.8. The minimum atomic E-state index is 0.0761. The molecule has 4 heteroatoms. The quantitative estimate of drug-likeness (QED) is 0.607. The van der Waals surface area contributed by atoms with E-state index in [0.717, 1.165) is 50.5 Å². The van der Waals surface area contributed by atoms with Crippen molar-refractivity contribution in [2.24, 2.45) is 5.92 Å². The van der Waals surface area contributed by atoms with Crippen molar-refractivity contribution >= 4 is 0 Å². The summed E-state index contributed by atoms with van der Waals surface area (Å²) in [5.41, 5.74) is 2.67. The van der Waals surface area contributed by atoms with Gasteiger partial charge in [-0.2, -0.15) is 0 Å². The lowest BCUT2D eigenvalue weighted by molar-refractivity contribution is -0.0473. The molecule has 1 N–H and O–H groups in total. The minimum absolute atomic E-state index is 0.0761. The molecule has 1 aliphatic heterocycles. The summed E-state index contributed by atoms with van der Waals surface area (Å²) in [5.74, 6) is 2.40. The summed E-state index contributed by atoms with van der Waals surface area (Å²) >= 11 is 0. The first-order chi connectivity index (χ1) is 14.1. The van der Waals surface area contributed by atoms with Crippen LogP contribution in [-0.2, 0) is 16.7 Å². The highest BCUT2D eigenvalue weighted by Crippen LogP contribution is 2.45. The molecule has 1 aliphatic rings. The number of benzene rings is 2. The number of nitrogens with one attached hydrogen (secondary N) is 1. The fraction of sp³-hybridized carbons (Fsp3) is 0.520. The molecule has 0 aromatic heterocycles. The van der Waals surface area contributed by atoms with Gasteiger partial charge >= 0.3 is 0 Å². The Kier molecular flexibility index (Phi) is 7.57. The van der Waals surface area contributed by atoms with Gasteiger partial charge in [-0.3, -0.25) is 0 Å². The normalized spacial score (nSPS) is 21.9. The maximum atomic E-state index is 6.11. The lowest BCUT2D eigenvalue weighted by Gasteiger charge is -2.43. The van der Waals surface area contributed by atoms with Gasteiger partial charge in [0, 0.05) is 24.1 Å². The molecule has 29 heavy (non-hydrogen) atoms. The zero-order valence-electron chi connectivity index (χ0n) is 18.2. The van der Waals surface area contributed by atoms with Crippen molar-refractivity contribution in [1.29, 1.82) is 0 Å². The first-order valence-corrected chi connectivity index (χ1v) is 10.7. The summed E-state index contributed by atoms with van der Waals surface area (Å²) in [7, 11) is 3.47. The zero-order valence-corrected chi connectivity index (χ0v) is 18.2. The molecule has 0 amide bonds. The Morgan fingerprint density at radius 3 is 2.52 bits per heavy atom. The average Bonchev–Trinajstić information content (AvgIpc) is 2.77. The SMILES string of the molecule is COc1ccc(CNCC[C@]2(c3ccccc3OC)CCO[C@@H](C(C)C)C2)cc1. The maximum absolute atomic E-state index is 6.11. The van der Waals surface area contributed by atoms with E-state index in [0.29, 0.717) is 5.92 Å². The van der Waals surface area contributed by atoms with Crippen LogP contribution >= 0.6 is 0 Å². The molecule has 1 fully saturated rings. The molecule has 0 spiro atoms. The molecule has 2 aromatic carbocycles. The number of hydrogen-bond acceptors (Lipinski definition) is 4. The van der Waals surface area contributed by atoms with Gasteiger partial charge in [-0.05, 0) is 55.5 Å². The topological polar surface area (TPSA) is 39.7 Å². The summed E-state index contributed by atoms with van der Waals surface area (Å²) in [6.07, 6.45) is 3.42. The predicted octanol–water partition coefficient (Wildman–Crippen LogP) is 4.96. The highest BCUT2D eigenvalue weighted by Gasteiger charge is 2.40. The minimum Gasteiger partial charge on any atom is -0.497 e. The molecule has 0 unspecified atom stereocenters. The van der Waals surface area contributed by atoms with E-state index in [1.165, 1.54) is 11.1 Å². The second kappa shape index (κ2) is 10.1. The molecule has 2 atom stereocenters. The van der Waals surface area contributed by atoms with Gasteiger partial charge in [-0.15, -0.1) is 0 Å². The van der Waals surface area contributed by atoms with Gasteiger partial charge in [0.1, 0.15) is 11.5 Å². The molecule has 1 heterocycles. The molecule has 4 nitrogen and oxygen atoms in total. The van der Waals surface area contributed by atoms with Crippen LogP contribution in [0.1, 0.15) is 44.2 Å².